The SMILES string of the molecule is CC(C)(C)OC(=O)NOC[C@H]1OC(C)(C)O[C@@H]1CN=[N+]=[N-]. The van der Waals surface area contributed by atoms with Gasteiger partial charge in [0.25, 0.3) is 0 Å². The molecule has 1 rings (SSSR count). The number of hydrogen-bond donors (Lipinski definition) is 1. The third-order valence-corrected chi connectivity index (χ3v) is 2.41. The Kier molecular flexibility index (Phi) is 5.79. The molecule has 0 bridgehead atoms. The second-order valence-electron chi connectivity index (χ2n) is 6.04. The van der Waals surface area contributed by atoms with Gasteiger partial charge in [-0.25, -0.2) is 4.79 Å². The van der Waals surface area contributed by atoms with Crippen LogP contribution in [0.4, 0.5) is 4.79 Å². The van der Waals surface area contributed by atoms with E-state index in [1.807, 2.05) is 0 Å². The molecule has 0 aliphatic carbocycles. The van der Waals surface area contributed by atoms with Crippen molar-refractivity contribution in [1.29, 1.82) is 0 Å². The van der Waals surface area contributed by atoms with Gasteiger partial charge in [0, 0.05) is 4.91 Å². The number of nitrogens with zero attached hydrogens (tertiary/aromatic N) is 3. The summed E-state index contributed by atoms with van der Waals surface area (Å²) in [5.74, 6) is -0.796. The summed E-state index contributed by atoms with van der Waals surface area (Å²) in [7, 11) is 0. The summed E-state index contributed by atoms with van der Waals surface area (Å²) in [5, 5.41) is 3.47. The predicted octanol–water partition coefficient (Wildman–Crippen LogP) is 2.27. The molecule has 9 nitrogen and oxygen atoms in total. The fourth-order valence-corrected chi connectivity index (χ4v) is 1.80. The Hall–Kier alpha value is -1.54. The topological polar surface area (TPSA) is 115 Å². The van der Waals surface area contributed by atoms with Crippen LogP contribution in [0.1, 0.15) is 34.6 Å². The number of nitrogens with one attached hydrogen (secondary N) is 1. The number of ether oxygens (including phenoxy) is 3. The molecular weight excluding hydrogens is 280 g/mol. The van der Waals surface area contributed by atoms with E-state index >= 15 is 0 Å². The first kappa shape index (κ1) is 17.5. The average molecular weight is 302 g/mol. The van der Waals surface area contributed by atoms with Gasteiger partial charge in [-0.2, -0.15) is 5.48 Å². The molecule has 0 aromatic rings. The van der Waals surface area contributed by atoms with Gasteiger partial charge in [-0.3, -0.25) is 4.84 Å². The average Bonchev–Trinajstić information content (AvgIpc) is 2.59. The van der Waals surface area contributed by atoms with E-state index in [9.17, 15) is 4.79 Å². The zero-order valence-corrected chi connectivity index (χ0v) is 13.0. The summed E-state index contributed by atoms with van der Waals surface area (Å²) in [6.45, 7) is 8.92. The lowest BCUT2D eigenvalue weighted by Crippen LogP contribution is -2.37. The summed E-state index contributed by atoms with van der Waals surface area (Å²) in [5.41, 5.74) is 9.92. The number of azide groups is 1. The Balaban J connectivity index is 2.41. The van der Waals surface area contributed by atoms with E-state index in [2.05, 4.69) is 15.5 Å². The van der Waals surface area contributed by atoms with Crippen molar-refractivity contribution in [3.05, 3.63) is 10.4 Å². The molecule has 0 saturated carbocycles. The lowest BCUT2D eigenvalue weighted by Gasteiger charge is -2.20. The van der Waals surface area contributed by atoms with Gasteiger partial charge in [-0.15, -0.1) is 0 Å². The van der Waals surface area contributed by atoms with Gasteiger partial charge in [0.05, 0.1) is 12.6 Å². The van der Waals surface area contributed by atoms with Gasteiger partial charge in [0.2, 0.25) is 0 Å². The minimum absolute atomic E-state index is 0.0499. The van der Waals surface area contributed by atoms with Crippen LogP contribution in [0.3, 0.4) is 0 Å². The van der Waals surface area contributed by atoms with Crippen molar-refractivity contribution < 1.29 is 23.8 Å². The van der Waals surface area contributed by atoms with Crippen LogP contribution in [0, 0.1) is 0 Å². The predicted molar refractivity (Wildman–Crippen MR) is 73.2 cm³/mol. The van der Waals surface area contributed by atoms with Crippen LogP contribution in [0.25, 0.3) is 10.4 Å². The Bertz CT molecular complexity index is 414. The maximum absolute atomic E-state index is 11.4. The van der Waals surface area contributed by atoms with Crippen LogP contribution in [-0.4, -0.2) is 42.8 Å². The summed E-state index contributed by atoms with van der Waals surface area (Å²) >= 11 is 0. The highest BCUT2D eigenvalue weighted by Crippen LogP contribution is 2.28. The van der Waals surface area contributed by atoms with E-state index in [-0.39, 0.29) is 13.2 Å². The molecule has 0 aromatic carbocycles. The number of carbonyl (C=O) groups excluding carboxylic acids is 1. The zero-order chi connectivity index (χ0) is 16.1. The number of hydrogen-bond acceptors (Lipinski definition) is 6. The molecule has 1 aliphatic rings. The zero-order valence-electron chi connectivity index (χ0n) is 13.0. The van der Waals surface area contributed by atoms with Gasteiger partial charge < -0.3 is 14.2 Å². The maximum Gasteiger partial charge on any atom is 0.431 e. The van der Waals surface area contributed by atoms with E-state index < -0.39 is 29.7 Å². The highest BCUT2D eigenvalue weighted by Gasteiger charge is 2.41. The molecule has 0 aromatic heterocycles. The van der Waals surface area contributed by atoms with Crippen molar-refractivity contribution in [1.82, 2.24) is 5.48 Å². The molecule has 1 saturated heterocycles. The summed E-state index contributed by atoms with van der Waals surface area (Å²) in [6, 6.07) is 0. The van der Waals surface area contributed by atoms with Crippen LogP contribution in [0.5, 0.6) is 0 Å². The Labute approximate surface area is 123 Å². The molecule has 1 N–H and O–H groups in total. The Morgan fingerprint density at radius 3 is 2.57 bits per heavy atom. The maximum atomic E-state index is 11.4. The van der Waals surface area contributed by atoms with Crippen LogP contribution < -0.4 is 5.48 Å². The van der Waals surface area contributed by atoms with E-state index in [1.54, 1.807) is 34.6 Å². The van der Waals surface area contributed by atoms with E-state index in [1.165, 1.54) is 0 Å². The van der Waals surface area contributed by atoms with Crippen molar-refractivity contribution in [3.63, 3.8) is 0 Å². The van der Waals surface area contributed by atoms with Crippen LogP contribution in [0.2, 0.25) is 0 Å². The van der Waals surface area contributed by atoms with Crippen molar-refractivity contribution in [2.75, 3.05) is 13.2 Å². The third kappa shape index (κ3) is 6.63. The van der Waals surface area contributed by atoms with Gasteiger partial charge in [0.15, 0.2) is 5.79 Å². The van der Waals surface area contributed by atoms with Crippen LogP contribution in [-0.2, 0) is 19.0 Å². The van der Waals surface area contributed by atoms with E-state index in [0.717, 1.165) is 0 Å². The van der Waals surface area contributed by atoms with Gasteiger partial charge in [-0.1, -0.05) is 5.11 Å². The van der Waals surface area contributed by atoms with Gasteiger partial charge in [-0.05, 0) is 40.1 Å². The van der Waals surface area contributed by atoms with Crippen LogP contribution >= 0.6 is 0 Å². The molecule has 9 heteroatoms. The fourth-order valence-electron chi connectivity index (χ4n) is 1.80. The molecule has 21 heavy (non-hydrogen) atoms. The lowest BCUT2D eigenvalue weighted by molar-refractivity contribution is -0.152. The Morgan fingerprint density at radius 2 is 2.00 bits per heavy atom. The third-order valence-electron chi connectivity index (χ3n) is 2.41. The molecule has 0 spiro atoms. The molecule has 1 heterocycles. The molecule has 0 unspecified atom stereocenters. The standard InChI is InChI=1S/C12H22N4O5/c1-11(2,3)21-10(17)15-18-7-9-8(6-14-16-13)19-12(4,5)20-9/h8-9H,6-7H2,1-5H3,(H,15,17)/t8-,9-/m1/s1. The summed E-state index contributed by atoms with van der Waals surface area (Å²) < 4.78 is 16.2. The number of amides is 1. The quantitative estimate of drug-likeness (QED) is 0.362. The largest absolute Gasteiger partial charge is 0.442 e. The molecular formula is C12H22N4O5. The van der Waals surface area contributed by atoms with Gasteiger partial charge in [0.1, 0.15) is 18.3 Å². The first-order valence-electron chi connectivity index (χ1n) is 6.60. The second-order valence-corrected chi connectivity index (χ2v) is 6.04. The first-order valence-corrected chi connectivity index (χ1v) is 6.60. The number of hydroxylamine groups is 1. The minimum Gasteiger partial charge on any atom is -0.442 e. The Morgan fingerprint density at radius 1 is 1.38 bits per heavy atom. The molecule has 1 aliphatic heterocycles. The number of carbonyl (C=O) groups is 1. The second kappa shape index (κ2) is 6.95. The highest BCUT2D eigenvalue weighted by atomic mass is 16.8. The van der Waals surface area contributed by atoms with Crippen LogP contribution in [0.15, 0.2) is 5.11 Å². The van der Waals surface area contributed by atoms with Crippen molar-refractivity contribution in [2.45, 2.75) is 58.2 Å². The summed E-state index contributed by atoms with van der Waals surface area (Å²) in [6.07, 6.45) is -1.58. The first-order chi connectivity index (χ1) is 9.63. The van der Waals surface area contributed by atoms with Crippen molar-refractivity contribution >= 4 is 6.09 Å². The molecule has 1 fully saturated rings. The van der Waals surface area contributed by atoms with E-state index in [0.29, 0.717) is 0 Å². The highest BCUT2D eigenvalue weighted by molar-refractivity contribution is 5.66. The molecule has 1 amide bonds. The molecule has 120 valence electrons. The minimum atomic E-state index is -0.796. The smallest absolute Gasteiger partial charge is 0.431 e. The molecule has 2 atom stereocenters. The number of rotatable bonds is 5. The summed E-state index contributed by atoms with van der Waals surface area (Å²) in [4.78, 5) is 19.2. The fraction of sp³-hybridized carbons (Fsp3) is 0.917. The lowest BCUT2D eigenvalue weighted by atomic mass is 10.2. The van der Waals surface area contributed by atoms with Crippen molar-refractivity contribution in [3.8, 4) is 0 Å². The normalized spacial score (nSPS) is 24.2. The van der Waals surface area contributed by atoms with Gasteiger partial charge >= 0.3 is 6.09 Å². The monoisotopic (exact) mass is 302 g/mol. The van der Waals surface area contributed by atoms with Crippen molar-refractivity contribution in [2.24, 2.45) is 5.11 Å². The van der Waals surface area contributed by atoms with E-state index in [4.69, 9.17) is 24.6 Å². The molecule has 0 radical (unpaired) electrons.